The number of aliphatic hydroxyl groups is 1. The maximum Gasteiger partial charge on any atom is 0.251 e. The third-order valence-electron chi connectivity index (χ3n) is 9.11. The summed E-state index contributed by atoms with van der Waals surface area (Å²) in [4.78, 5) is 31.0. The molecule has 0 radical (unpaired) electrons. The van der Waals surface area contributed by atoms with E-state index in [1.165, 1.54) is 44.4 Å². The number of carbonyl (C=O) groups excluding carboxylic acids is 2. The average Bonchev–Trinajstić information content (AvgIpc) is 3.75. The van der Waals surface area contributed by atoms with Crippen LogP contribution >= 0.6 is 11.6 Å². The molecule has 0 saturated heterocycles. The molecule has 10 nitrogen and oxygen atoms in total. The summed E-state index contributed by atoms with van der Waals surface area (Å²) < 4.78 is 57.4. The molecule has 252 valence electrons. The number of primary amides is 1. The number of nitrogens with two attached hydrogens (primary N) is 1. The van der Waals surface area contributed by atoms with Crippen LogP contribution in [0.5, 0.6) is 11.5 Å². The Morgan fingerprint density at radius 1 is 1.16 bits per heavy atom. The zero-order valence-electron chi connectivity index (χ0n) is 26.2. The topological polar surface area (TPSA) is 142 Å². The second-order valence-corrected chi connectivity index (χ2v) is 12.9. The normalized spacial score (nSPS) is 18.1. The van der Waals surface area contributed by atoms with Gasteiger partial charge in [-0.05, 0) is 61.7 Å². The van der Waals surface area contributed by atoms with Crippen molar-refractivity contribution in [2.24, 2.45) is 5.73 Å². The molecule has 0 bridgehead atoms. The first-order valence-corrected chi connectivity index (χ1v) is 15.7. The number of ether oxygens (including phenoxy) is 2. The van der Waals surface area contributed by atoms with Gasteiger partial charge in [-0.15, -0.1) is 0 Å². The monoisotopic (exact) mass is 691 g/mol. The third-order valence-corrected chi connectivity index (χ3v) is 9.40. The average molecular weight is 692 g/mol. The number of halogens is 4. The van der Waals surface area contributed by atoms with Crippen LogP contribution in [0.4, 0.5) is 13.2 Å². The Kier molecular flexibility index (Phi) is 7.79. The molecule has 1 aliphatic carbocycles. The first-order chi connectivity index (χ1) is 23.3. The molecule has 3 aromatic carbocycles. The summed E-state index contributed by atoms with van der Waals surface area (Å²) in [5.74, 6) is -3.84. The highest BCUT2D eigenvalue weighted by atomic mass is 35.5. The molecule has 0 unspecified atom stereocenters. The predicted molar refractivity (Wildman–Crippen MR) is 173 cm³/mol. The number of aromatic nitrogens is 3. The number of fused-ring (bicyclic) bond motifs is 2. The van der Waals surface area contributed by atoms with Crippen molar-refractivity contribution in [2.45, 2.75) is 36.8 Å². The number of pyridine rings is 1. The Bertz CT molecular complexity index is 2190. The van der Waals surface area contributed by atoms with Gasteiger partial charge in [-0.3, -0.25) is 14.3 Å². The van der Waals surface area contributed by atoms with Gasteiger partial charge in [0.05, 0.1) is 30.4 Å². The predicted octanol–water partition coefficient (Wildman–Crippen LogP) is 5.31. The largest absolute Gasteiger partial charge is 0.494 e. The first-order valence-electron chi connectivity index (χ1n) is 15.3. The van der Waals surface area contributed by atoms with Crippen LogP contribution in [-0.4, -0.2) is 51.9 Å². The van der Waals surface area contributed by atoms with Crippen LogP contribution in [0, 0.1) is 17.5 Å². The van der Waals surface area contributed by atoms with Gasteiger partial charge < -0.3 is 25.6 Å². The van der Waals surface area contributed by atoms with Gasteiger partial charge in [0.25, 0.3) is 5.91 Å². The summed E-state index contributed by atoms with van der Waals surface area (Å²) in [5, 5.41) is 20.0. The van der Waals surface area contributed by atoms with Crippen LogP contribution in [0.2, 0.25) is 5.02 Å². The lowest BCUT2D eigenvalue weighted by atomic mass is 9.80. The van der Waals surface area contributed by atoms with Crippen molar-refractivity contribution in [3.05, 3.63) is 106 Å². The van der Waals surface area contributed by atoms with E-state index in [2.05, 4.69) is 15.4 Å². The van der Waals surface area contributed by atoms with Gasteiger partial charge in [-0.2, -0.15) is 5.10 Å². The molecule has 7 rings (SSSR count). The van der Waals surface area contributed by atoms with Crippen LogP contribution < -0.4 is 20.5 Å². The van der Waals surface area contributed by atoms with E-state index in [1.807, 2.05) is 10.9 Å². The summed E-state index contributed by atoms with van der Waals surface area (Å²) in [7, 11) is 1.47. The fourth-order valence-electron chi connectivity index (χ4n) is 6.02. The van der Waals surface area contributed by atoms with Crippen molar-refractivity contribution in [3.8, 4) is 22.8 Å². The van der Waals surface area contributed by atoms with Crippen molar-refractivity contribution in [2.75, 3.05) is 20.3 Å². The van der Waals surface area contributed by atoms with E-state index in [1.54, 1.807) is 6.07 Å². The molecule has 1 fully saturated rings. The molecule has 14 heteroatoms. The van der Waals surface area contributed by atoms with Crippen LogP contribution in [0.1, 0.15) is 53.0 Å². The van der Waals surface area contributed by atoms with E-state index in [9.17, 15) is 23.5 Å². The van der Waals surface area contributed by atoms with Gasteiger partial charge in [-0.25, -0.2) is 18.2 Å². The Morgan fingerprint density at radius 2 is 1.94 bits per heavy atom. The number of carbonyl (C=O) groups is 2. The van der Waals surface area contributed by atoms with Crippen molar-refractivity contribution in [1.29, 1.82) is 0 Å². The van der Waals surface area contributed by atoms with E-state index in [0.29, 0.717) is 28.8 Å². The van der Waals surface area contributed by atoms with E-state index >= 15 is 4.39 Å². The Hall–Kier alpha value is -5.14. The lowest BCUT2D eigenvalue weighted by Gasteiger charge is -2.30. The lowest BCUT2D eigenvalue weighted by molar-refractivity contribution is -0.123. The molecule has 1 saturated carbocycles. The molecule has 5 aromatic rings. The molecule has 2 aliphatic rings. The van der Waals surface area contributed by atoms with Crippen LogP contribution in [-0.2, 0) is 15.8 Å². The summed E-state index contributed by atoms with van der Waals surface area (Å²) in [6.07, 6.45) is 3.85. The van der Waals surface area contributed by atoms with Gasteiger partial charge in [0.1, 0.15) is 57.8 Å². The minimum atomic E-state index is -2.28. The highest BCUT2D eigenvalue weighted by molar-refractivity contribution is 6.31. The number of nitrogens with zero attached hydrogens (tertiary/aromatic N) is 3. The summed E-state index contributed by atoms with van der Waals surface area (Å²) in [5.41, 5.74) is 2.19. The number of rotatable bonds is 9. The standard InChI is InChI=1S/C35H29ClF3N5O5/c1-34(33(40)46)16-49-31-23(34)12-28(42-30(31)22-11-24(36)26(39)13-25(22)38)35(47,19-4-3-5-20(37)10-19)15-41-32(45)17-8-18-14-44(21-6-7-21)43-29(18)27(9-17)48-2/h3-5,8-14,21,47H,6-7,15-16H2,1-2H3,(H2,40,46)(H,41,45)/t34-,35+/m0/s1. The number of nitrogens with one attached hydrogen (secondary N) is 1. The fraction of sp³-hybridized carbons (Fsp3) is 0.257. The molecular formula is C35H29ClF3N5O5. The van der Waals surface area contributed by atoms with Gasteiger partial charge in [0.2, 0.25) is 5.91 Å². The van der Waals surface area contributed by atoms with Crippen molar-refractivity contribution >= 4 is 34.3 Å². The number of hydrogen-bond donors (Lipinski definition) is 3. The molecule has 0 spiro atoms. The second kappa shape index (κ2) is 11.8. The van der Waals surface area contributed by atoms with Gasteiger partial charge in [-0.1, -0.05) is 23.7 Å². The van der Waals surface area contributed by atoms with Gasteiger partial charge in [0, 0.05) is 34.3 Å². The summed E-state index contributed by atoms with van der Waals surface area (Å²) in [6, 6.07) is 11.4. The van der Waals surface area contributed by atoms with Gasteiger partial charge in [0.15, 0.2) is 0 Å². The minimum absolute atomic E-state index is 0.0257. The molecule has 3 heterocycles. The van der Waals surface area contributed by atoms with E-state index in [4.69, 9.17) is 26.8 Å². The molecular weight excluding hydrogens is 663 g/mol. The van der Waals surface area contributed by atoms with E-state index in [0.717, 1.165) is 25.0 Å². The second-order valence-electron chi connectivity index (χ2n) is 12.5. The Labute approximate surface area is 282 Å². The van der Waals surface area contributed by atoms with Crippen LogP contribution in [0.3, 0.4) is 0 Å². The molecule has 1 aliphatic heterocycles. The zero-order chi connectivity index (χ0) is 34.8. The smallest absolute Gasteiger partial charge is 0.251 e. The van der Waals surface area contributed by atoms with Crippen LogP contribution in [0.25, 0.3) is 22.2 Å². The first kappa shape index (κ1) is 32.4. The van der Waals surface area contributed by atoms with Crippen molar-refractivity contribution in [3.63, 3.8) is 0 Å². The third kappa shape index (κ3) is 5.52. The number of amides is 2. The molecule has 4 N–H and O–H groups in total. The number of hydrogen-bond acceptors (Lipinski definition) is 7. The maximum atomic E-state index is 15.3. The van der Waals surface area contributed by atoms with Crippen molar-refractivity contribution in [1.82, 2.24) is 20.1 Å². The summed E-state index contributed by atoms with van der Waals surface area (Å²) >= 11 is 6.02. The quantitative estimate of drug-likeness (QED) is 0.178. The highest BCUT2D eigenvalue weighted by Gasteiger charge is 2.46. The van der Waals surface area contributed by atoms with Crippen molar-refractivity contribution < 1.29 is 37.3 Å². The molecule has 2 aromatic heterocycles. The maximum absolute atomic E-state index is 15.3. The highest BCUT2D eigenvalue weighted by Crippen LogP contribution is 2.47. The summed E-state index contributed by atoms with van der Waals surface area (Å²) in [6.45, 7) is 0.687. The van der Waals surface area contributed by atoms with E-state index < -0.39 is 51.8 Å². The molecule has 2 amide bonds. The number of benzene rings is 3. The number of methoxy groups -OCH3 is 1. The Balaban J connectivity index is 1.35. The molecule has 49 heavy (non-hydrogen) atoms. The Morgan fingerprint density at radius 3 is 2.63 bits per heavy atom. The van der Waals surface area contributed by atoms with E-state index in [-0.39, 0.29) is 46.0 Å². The zero-order valence-corrected chi connectivity index (χ0v) is 26.9. The minimum Gasteiger partial charge on any atom is -0.494 e. The fourth-order valence-corrected chi connectivity index (χ4v) is 6.18. The molecule has 2 atom stereocenters. The van der Waals surface area contributed by atoms with Crippen LogP contribution in [0.15, 0.2) is 60.8 Å². The SMILES string of the molecule is COc1cc(C(=O)NC[C@@](O)(c2cccc(F)c2)c2cc3c(c(-c4cc(Cl)c(F)cc4F)n2)OC[C@]3(C)C(N)=O)cc2cn(C3CC3)nc12. The lowest BCUT2D eigenvalue weighted by Crippen LogP contribution is -2.43. The van der Waals surface area contributed by atoms with Gasteiger partial charge >= 0.3 is 0 Å².